The molecule has 0 saturated heterocycles. The van der Waals surface area contributed by atoms with Crippen molar-refractivity contribution >= 4 is 29.3 Å². The summed E-state index contributed by atoms with van der Waals surface area (Å²) in [5.74, 6) is 2.70. The number of aryl methyl sites for hydroxylation is 1. The predicted molar refractivity (Wildman–Crippen MR) is 105 cm³/mol. The number of hydrogen-bond donors (Lipinski definition) is 2. The van der Waals surface area contributed by atoms with E-state index in [0.29, 0.717) is 23.1 Å². The zero-order valence-electron chi connectivity index (χ0n) is 14.3. The summed E-state index contributed by atoms with van der Waals surface area (Å²) in [4.78, 5) is 12.8. The lowest BCUT2D eigenvalue weighted by Crippen LogP contribution is -2.07. The van der Waals surface area contributed by atoms with Gasteiger partial charge in [-0.1, -0.05) is 30.3 Å². The van der Waals surface area contributed by atoms with Gasteiger partial charge in [-0.15, -0.1) is 11.8 Å². The largest absolute Gasteiger partial charge is 0.368 e. The van der Waals surface area contributed by atoms with Crippen molar-refractivity contribution in [3.63, 3.8) is 0 Å². The maximum absolute atomic E-state index is 8.83. The van der Waals surface area contributed by atoms with Crippen LogP contribution < -0.4 is 11.1 Å². The van der Waals surface area contributed by atoms with Gasteiger partial charge in [0, 0.05) is 11.4 Å². The maximum atomic E-state index is 8.83. The van der Waals surface area contributed by atoms with E-state index >= 15 is 0 Å². The van der Waals surface area contributed by atoms with Crippen LogP contribution in [0.4, 0.5) is 17.6 Å². The van der Waals surface area contributed by atoms with E-state index in [9.17, 15) is 0 Å². The average Bonchev–Trinajstić information content (AvgIpc) is 2.64. The lowest BCUT2D eigenvalue weighted by Gasteiger charge is -2.09. The van der Waals surface area contributed by atoms with Gasteiger partial charge in [0.2, 0.25) is 11.9 Å². The van der Waals surface area contributed by atoms with Crippen LogP contribution in [0.25, 0.3) is 0 Å². The minimum atomic E-state index is 0.199. The number of nitriles is 1. The number of thioether (sulfide) groups is 1. The number of para-hydroxylation sites is 1. The van der Waals surface area contributed by atoms with Crippen LogP contribution in [0, 0.1) is 18.3 Å². The summed E-state index contributed by atoms with van der Waals surface area (Å²) >= 11 is 1.68. The monoisotopic (exact) mass is 362 g/mol. The maximum Gasteiger partial charge on any atom is 0.232 e. The van der Waals surface area contributed by atoms with Gasteiger partial charge in [0.05, 0.1) is 17.4 Å². The molecule has 0 aliphatic heterocycles. The molecule has 3 aromatic rings. The van der Waals surface area contributed by atoms with E-state index in [1.54, 1.807) is 11.8 Å². The molecule has 0 atom stereocenters. The van der Waals surface area contributed by atoms with Gasteiger partial charge in [-0.25, -0.2) is 0 Å². The van der Waals surface area contributed by atoms with Gasteiger partial charge in [-0.2, -0.15) is 20.2 Å². The topological polar surface area (TPSA) is 101 Å². The van der Waals surface area contributed by atoms with Crippen molar-refractivity contribution < 1.29 is 0 Å². The van der Waals surface area contributed by atoms with Crippen LogP contribution in [0.3, 0.4) is 0 Å². The molecule has 0 fully saturated rings. The highest BCUT2D eigenvalue weighted by Gasteiger charge is 2.07. The van der Waals surface area contributed by atoms with Gasteiger partial charge < -0.3 is 11.1 Å². The Balaban J connectivity index is 1.64. The van der Waals surface area contributed by atoms with Crippen molar-refractivity contribution in [3.8, 4) is 6.07 Å². The number of nitrogens with one attached hydrogen (secondary N) is 1. The third-order valence-electron chi connectivity index (χ3n) is 3.67. The molecule has 7 heteroatoms. The quantitative estimate of drug-likeness (QED) is 0.687. The molecule has 2 aromatic carbocycles. The number of benzene rings is 2. The van der Waals surface area contributed by atoms with Crippen molar-refractivity contribution in [2.75, 3.05) is 11.1 Å². The number of rotatable bonds is 6. The fourth-order valence-corrected chi connectivity index (χ4v) is 3.17. The standard InChI is InChI=1S/C19H18N6S/c1-13-4-2-3-5-16(13)22-19-24-17(23-18(21)25-19)12-26-11-15-8-6-14(10-20)7-9-15/h2-9H,11-12H2,1H3,(H3,21,22,23,24,25). The lowest BCUT2D eigenvalue weighted by molar-refractivity contribution is 0.981. The molecular formula is C19H18N6S. The molecule has 130 valence electrons. The fraction of sp³-hybridized carbons (Fsp3) is 0.158. The molecule has 0 spiro atoms. The van der Waals surface area contributed by atoms with Crippen LogP contribution in [-0.2, 0) is 11.5 Å². The molecule has 0 radical (unpaired) electrons. The Hall–Kier alpha value is -3.11. The van der Waals surface area contributed by atoms with Crippen LogP contribution in [0.2, 0.25) is 0 Å². The number of aromatic nitrogens is 3. The summed E-state index contributed by atoms with van der Waals surface area (Å²) in [7, 11) is 0. The fourth-order valence-electron chi connectivity index (χ4n) is 2.33. The first kappa shape index (κ1) is 17.7. The zero-order chi connectivity index (χ0) is 18.4. The minimum Gasteiger partial charge on any atom is -0.368 e. The van der Waals surface area contributed by atoms with Gasteiger partial charge >= 0.3 is 0 Å². The second-order valence-corrected chi connectivity index (χ2v) is 6.66. The van der Waals surface area contributed by atoms with Gasteiger partial charge in [0.15, 0.2) is 0 Å². The average molecular weight is 362 g/mol. The van der Waals surface area contributed by atoms with E-state index in [4.69, 9.17) is 11.0 Å². The number of anilines is 3. The first-order valence-electron chi connectivity index (χ1n) is 8.04. The second kappa shape index (κ2) is 8.32. The smallest absolute Gasteiger partial charge is 0.232 e. The third kappa shape index (κ3) is 4.71. The van der Waals surface area contributed by atoms with Crippen LogP contribution in [0.15, 0.2) is 48.5 Å². The molecule has 0 unspecified atom stereocenters. The van der Waals surface area contributed by atoms with E-state index in [1.165, 1.54) is 0 Å². The van der Waals surface area contributed by atoms with Gasteiger partial charge in [0.25, 0.3) is 0 Å². The van der Waals surface area contributed by atoms with E-state index < -0.39 is 0 Å². The number of nitrogen functional groups attached to an aromatic ring is 1. The van der Waals surface area contributed by atoms with Crippen LogP contribution in [0.5, 0.6) is 0 Å². The molecule has 1 aromatic heterocycles. The molecule has 0 saturated carbocycles. The van der Waals surface area contributed by atoms with Crippen molar-refractivity contribution in [2.24, 2.45) is 0 Å². The molecule has 0 aliphatic rings. The number of nitrogens with two attached hydrogens (primary N) is 1. The van der Waals surface area contributed by atoms with Crippen LogP contribution >= 0.6 is 11.8 Å². The highest BCUT2D eigenvalue weighted by Crippen LogP contribution is 2.20. The Labute approximate surface area is 156 Å². The first-order valence-corrected chi connectivity index (χ1v) is 9.19. The molecule has 1 heterocycles. The van der Waals surface area contributed by atoms with Crippen molar-refractivity contribution in [2.45, 2.75) is 18.4 Å². The van der Waals surface area contributed by atoms with Crippen molar-refractivity contribution in [1.82, 2.24) is 15.0 Å². The number of hydrogen-bond acceptors (Lipinski definition) is 7. The van der Waals surface area contributed by atoms with Crippen molar-refractivity contribution in [1.29, 1.82) is 5.26 Å². The SMILES string of the molecule is Cc1ccccc1Nc1nc(N)nc(CSCc2ccc(C#N)cc2)n1. The van der Waals surface area contributed by atoms with E-state index in [1.807, 2.05) is 55.5 Å². The minimum absolute atomic E-state index is 0.199. The lowest BCUT2D eigenvalue weighted by atomic mass is 10.2. The van der Waals surface area contributed by atoms with E-state index in [0.717, 1.165) is 22.6 Å². The molecule has 6 nitrogen and oxygen atoms in total. The molecular weight excluding hydrogens is 344 g/mol. The molecule has 3 rings (SSSR count). The highest BCUT2D eigenvalue weighted by atomic mass is 32.2. The summed E-state index contributed by atoms with van der Waals surface area (Å²) in [6, 6.07) is 17.6. The molecule has 0 amide bonds. The van der Waals surface area contributed by atoms with Crippen LogP contribution in [0.1, 0.15) is 22.5 Å². The Bertz CT molecular complexity index is 934. The third-order valence-corrected chi connectivity index (χ3v) is 4.67. The summed E-state index contributed by atoms with van der Waals surface area (Å²) in [6.45, 7) is 2.02. The first-order chi connectivity index (χ1) is 12.6. The summed E-state index contributed by atoms with van der Waals surface area (Å²) in [5.41, 5.74) is 9.67. The second-order valence-electron chi connectivity index (χ2n) is 5.67. The van der Waals surface area contributed by atoms with Gasteiger partial charge in [-0.05, 0) is 36.2 Å². The normalized spacial score (nSPS) is 10.3. The Kier molecular flexibility index (Phi) is 5.66. The van der Waals surface area contributed by atoms with Gasteiger partial charge in [0.1, 0.15) is 5.82 Å². The Morgan fingerprint density at radius 1 is 1.04 bits per heavy atom. The van der Waals surface area contributed by atoms with E-state index in [2.05, 4.69) is 26.3 Å². The molecule has 0 bridgehead atoms. The summed E-state index contributed by atoms with van der Waals surface area (Å²) in [6.07, 6.45) is 0. The summed E-state index contributed by atoms with van der Waals surface area (Å²) in [5, 5.41) is 12.0. The highest BCUT2D eigenvalue weighted by molar-refractivity contribution is 7.97. The Morgan fingerprint density at radius 2 is 1.81 bits per heavy atom. The zero-order valence-corrected chi connectivity index (χ0v) is 15.1. The molecule has 3 N–H and O–H groups in total. The molecule has 26 heavy (non-hydrogen) atoms. The Morgan fingerprint density at radius 3 is 2.54 bits per heavy atom. The van der Waals surface area contributed by atoms with Crippen LogP contribution in [-0.4, -0.2) is 15.0 Å². The molecule has 0 aliphatic carbocycles. The van der Waals surface area contributed by atoms with Crippen molar-refractivity contribution in [3.05, 3.63) is 71.0 Å². The van der Waals surface area contributed by atoms with Gasteiger partial charge in [-0.3, -0.25) is 0 Å². The predicted octanol–water partition coefficient (Wildman–Crippen LogP) is 3.81. The summed E-state index contributed by atoms with van der Waals surface area (Å²) < 4.78 is 0. The number of nitrogens with zero attached hydrogens (tertiary/aromatic N) is 4. The van der Waals surface area contributed by atoms with E-state index in [-0.39, 0.29) is 5.95 Å².